The Bertz CT molecular complexity index is 428. The molecule has 1 atom stereocenters. The SMILES string of the molecule is COC(=O)C1(C2=CC=CC(F)(OC)C2)CC=CC1. The van der Waals surface area contributed by atoms with Crippen LogP contribution in [0.4, 0.5) is 4.39 Å². The molecular weight excluding hydrogens is 235 g/mol. The lowest BCUT2D eigenvalue weighted by Gasteiger charge is -2.34. The summed E-state index contributed by atoms with van der Waals surface area (Å²) in [7, 11) is 2.69. The van der Waals surface area contributed by atoms with Crippen LogP contribution in [0.3, 0.4) is 0 Å². The molecule has 0 heterocycles. The number of halogens is 1. The van der Waals surface area contributed by atoms with E-state index in [-0.39, 0.29) is 12.4 Å². The molecule has 0 saturated carbocycles. The molecule has 0 fully saturated rings. The van der Waals surface area contributed by atoms with Gasteiger partial charge in [-0.3, -0.25) is 4.79 Å². The van der Waals surface area contributed by atoms with Crippen LogP contribution in [0, 0.1) is 5.41 Å². The van der Waals surface area contributed by atoms with Crippen molar-refractivity contribution >= 4 is 5.97 Å². The van der Waals surface area contributed by atoms with Crippen molar-refractivity contribution in [1.82, 2.24) is 0 Å². The van der Waals surface area contributed by atoms with Gasteiger partial charge in [0.25, 0.3) is 0 Å². The van der Waals surface area contributed by atoms with Crippen molar-refractivity contribution in [3.05, 3.63) is 36.0 Å². The molecule has 0 radical (unpaired) electrons. The highest BCUT2D eigenvalue weighted by atomic mass is 19.2. The second-order valence-corrected chi connectivity index (χ2v) is 4.67. The Morgan fingerprint density at radius 3 is 2.56 bits per heavy atom. The fraction of sp³-hybridized carbons (Fsp3) is 0.500. The number of allylic oxidation sites excluding steroid dienone is 4. The van der Waals surface area contributed by atoms with E-state index in [1.54, 1.807) is 12.2 Å². The van der Waals surface area contributed by atoms with Crippen LogP contribution in [0.1, 0.15) is 19.3 Å². The summed E-state index contributed by atoms with van der Waals surface area (Å²) in [6.07, 6.45) is 9.80. The first-order valence-electron chi connectivity index (χ1n) is 5.93. The topological polar surface area (TPSA) is 35.5 Å². The zero-order valence-electron chi connectivity index (χ0n) is 10.6. The van der Waals surface area contributed by atoms with Gasteiger partial charge in [-0.15, -0.1) is 0 Å². The van der Waals surface area contributed by atoms with Crippen LogP contribution >= 0.6 is 0 Å². The standard InChI is InChI=1S/C14H17FO3/c1-17-12(16)13(7-3-4-8-13)11-6-5-9-14(15,10-11)18-2/h3-6,9H,7-8,10H2,1-2H3. The van der Waals surface area contributed by atoms with E-state index in [0.717, 1.165) is 5.57 Å². The Labute approximate surface area is 106 Å². The Balaban J connectivity index is 2.31. The van der Waals surface area contributed by atoms with Gasteiger partial charge in [0.1, 0.15) is 0 Å². The van der Waals surface area contributed by atoms with Gasteiger partial charge in [-0.1, -0.05) is 24.3 Å². The summed E-state index contributed by atoms with van der Waals surface area (Å²) in [4.78, 5) is 12.0. The second-order valence-electron chi connectivity index (χ2n) is 4.67. The van der Waals surface area contributed by atoms with Crippen molar-refractivity contribution < 1.29 is 18.7 Å². The number of rotatable bonds is 3. The molecule has 4 heteroatoms. The van der Waals surface area contributed by atoms with Crippen molar-refractivity contribution in [1.29, 1.82) is 0 Å². The molecule has 0 aromatic carbocycles. The Morgan fingerprint density at radius 1 is 1.33 bits per heavy atom. The van der Waals surface area contributed by atoms with Crippen LogP contribution in [0.2, 0.25) is 0 Å². The Morgan fingerprint density at radius 2 is 2.00 bits per heavy atom. The van der Waals surface area contributed by atoms with Crippen LogP contribution < -0.4 is 0 Å². The van der Waals surface area contributed by atoms with E-state index in [1.807, 2.05) is 12.2 Å². The average Bonchev–Trinajstić information content (AvgIpc) is 2.88. The first-order chi connectivity index (χ1) is 8.56. The van der Waals surface area contributed by atoms with Gasteiger partial charge in [-0.05, 0) is 24.5 Å². The summed E-state index contributed by atoms with van der Waals surface area (Å²) < 4.78 is 24.0. The minimum absolute atomic E-state index is 0.0662. The maximum absolute atomic E-state index is 14.2. The van der Waals surface area contributed by atoms with Crippen LogP contribution in [0.25, 0.3) is 0 Å². The highest BCUT2D eigenvalue weighted by molar-refractivity contribution is 5.82. The molecule has 0 saturated heterocycles. The van der Waals surface area contributed by atoms with E-state index < -0.39 is 11.3 Å². The lowest BCUT2D eigenvalue weighted by atomic mass is 9.73. The summed E-state index contributed by atoms with van der Waals surface area (Å²) in [5.74, 6) is -2.14. The third-order valence-corrected chi connectivity index (χ3v) is 3.70. The van der Waals surface area contributed by atoms with E-state index in [2.05, 4.69) is 0 Å². The summed E-state index contributed by atoms with van der Waals surface area (Å²) >= 11 is 0. The first kappa shape index (κ1) is 13.0. The van der Waals surface area contributed by atoms with Gasteiger partial charge in [0.15, 0.2) is 0 Å². The highest BCUT2D eigenvalue weighted by Gasteiger charge is 2.46. The normalized spacial score (nSPS) is 29.2. The summed E-state index contributed by atoms with van der Waals surface area (Å²) in [5, 5.41) is 0. The van der Waals surface area contributed by atoms with E-state index in [9.17, 15) is 9.18 Å². The Hall–Kier alpha value is -1.42. The van der Waals surface area contributed by atoms with Gasteiger partial charge < -0.3 is 9.47 Å². The minimum Gasteiger partial charge on any atom is -0.468 e. The zero-order valence-corrected chi connectivity index (χ0v) is 10.6. The van der Waals surface area contributed by atoms with E-state index >= 15 is 0 Å². The van der Waals surface area contributed by atoms with E-state index in [4.69, 9.17) is 9.47 Å². The molecule has 3 nitrogen and oxygen atoms in total. The van der Waals surface area contributed by atoms with Gasteiger partial charge in [0.05, 0.1) is 12.5 Å². The largest absolute Gasteiger partial charge is 0.468 e. The highest BCUT2D eigenvalue weighted by Crippen LogP contribution is 2.46. The molecule has 2 rings (SSSR count). The summed E-state index contributed by atoms with van der Waals surface area (Å²) in [6.45, 7) is 0. The van der Waals surface area contributed by atoms with Gasteiger partial charge in [0, 0.05) is 13.5 Å². The number of carbonyl (C=O) groups is 1. The van der Waals surface area contributed by atoms with Crippen LogP contribution in [0.15, 0.2) is 36.0 Å². The molecular formula is C14H17FO3. The number of alkyl halides is 1. The van der Waals surface area contributed by atoms with Crippen LogP contribution in [-0.4, -0.2) is 26.0 Å². The molecule has 0 amide bonds. The number of methoxy groups -OCH3 is 2. The summed E-state index contributed by atoms with van der Waals surface area (Å²) in [5.41, 5.74) is -0.0266. The molecule has 0 aromatic rings. The monoisotopic (exact) mass is 252 g/mol. The number of hydrogen-bond acceptors (Lipinski definition) is 3. The van der Waals surface area contributed by atoms with Crippen molar-refractivity contribution in [3.63, 3.8) is 0 Å². The fourth-order valence-corrected chi connectivity index (χ4v) is 2.56. The van der Waals surface area contributed by atoms with Crippen molar-refractivity contribution in [2.75, 3.05) is 14.2 Å². The number of ether oxygens (including phenoxy) is 2. The predicted octanol–water partition coefficient (Wildman–Crippen LogP) is 2.69. The summed E-state index contributed by atoms with van der Waals surface area (Å²) in [6, 6.07) is 0. The third-order valence-electron chi connectivity index (χ3n) is 3.70. The second kappa shape index (κ2) is 4.69. The van der Waals surface area contributed by atoms with E-state index in [1.165, 1.54) is 20.3 Å². The first-order valence-corrected chi connectivity index (χ1v) is 5.93. The lowest BCUT2D eigenvalue weighted by molar-refractivity contribution is -0.150. The molecule has 0 N–H and O–H groups in total. The number of carbonyl (C=O) groups excluding carboxylic acids is 1. The van der Waals surface area contributed by atoms with E-state index in [0.29, 0.717) is 12.8 Å². The molecule has 0 bridgehead atoms. The number of hydrogen-bond donors (Lipinski definition) is 0. The Kier molecular flexibility index (Phi) is 3.39. The van der Waals surface area contributed by atoms with Crippen molar-refractivity contribution in [2.45, 2.75) is 25.1 Å². The molecule has 2 aliphatic rings. The molecule has 18 heavy (non-hydrogen) atoms. The maximum Gasteiger partial charge on any atom is 0.316 e. The molecule has 0 spiro atoms. The predicted molar refractivity (Wildman–Crippen MR) is 65.5 cm³/mol. The molecule has 1 unspecified atom stereocenters. The molecule has 0 aromatic heterocycles. The average molecular weight is 252 g/mol. The van der Waals surface area contributed by atoms with Gasteiger partial charge in [0.2, 0.25) is 5.85 Å². The fourth-order valence-electron chi connectivity index (χ4n) is 2.56. The van der Waals surface area contributed by atoms with Crippen LogP contribution in [-0.2, 0) is 14.3 Å². The van der Waals surface area contributed by atoms with Crippen molar-refractivity contribution in [3.8, 4) is 0 Å². The minimum atomic E-state index is -1.83. The number of esters is 1. The van der Waals surface area contributed by atoms with Crippen molar-refractivity contribution in [2.24, 2.45) is 5.41 Å². The van der Waals surface area contributed by atoms with Gasteiger partial charge in [-0.25, -0.2) is 4.39 Å². The smallest absolute Gasteiger partial charge is 0.316 e. The maximum atomic E-state index is 14.2. The van der Waals surface area contributed by atoms with Crippen LogP contribution in [0.5, 0.6) is 0 Å². The zero-order chi connectivity index (χ0) is 13.2. The third kappa shape index (κ3) is 2.01. The molecule has 2 aliphatic carbocycles. The molecule has 98 valence electrons. The van der Waals surface area contributed by atoms with Gasteiger partial charge >= 0.3 is 5.97 Å². The lowest BCUT2D eigenvalue weighted by Crippen LogP contribution is -2.37. The quantitative estimate of drug-likeness (QED) is 0.572. The molecule has 0 aliphatic heterocycles. The van der Waals surface area contributed by atoms with Gasteiger partial charge in [-0.2, -0.15) is 0 Å².